The van der Waals surface area contributed by atoms with E-state index in [9.17, 15) is 9.59 Å². The largest absolute Gasteiger partial charge is 0.351 e. The summed E-state index contributed by atoms with van der Waals surface area (Å²) in [4.78, 5) is 28.3. The third-order valence-corrected chi connectivity index (χ3v) is 3.85. The van der Waals surface area contributed by atoms with Crippen molar-refractivity contribution in [2.45, 2.75) is 18.9 Å². The Morgan fingerprint density at radius 1 is 1.15 bits per heavy atom. The van der Waals surface area contributed by atoms with Gasteiger partial charge in [0.25, 0.3) is 11.5 Å². The third-order valence-electron chi connectivity index (χ3n) is 3.85. The molecule has 3 rings (SSSR count). The van der Waals surface area contributed by atoms with Gasteiger partial charge in [0.15, 0.2) is 0 Å². The van der Waals surface area contributed by atoms with Crippen LogP contribution in [0.25, 0.3) is 0 Å². The zero-order valence-corrected chi connectivity index (χ0v) is 11.2. The highest BCUT2D eigenvalue weighted by molar-refractivity contribution is 5.93. The molecule has 2 aromatic rings. The second kappa shape index (κ2) is 5.36. The van der Waals surface area contributed by atoms with Crippen molar-refractivity contribution in [1.82, 2.24) is 14.5 Å². The lowest BCUT2D eigenvalue weighted by Crippen LogP contribution is -2.40. The molecule has 0 atom stereocenters. The summed E-state index contributed by atoms with van der Waals surface area (Å²) in [6, 6.07) is 7.74. The predicted octanol–water partition coefficient (Wildman–Crippen LogP) is 1.65. The van der Waals surface area contributed by atoms with Gasteiger partial charge in [-0.1, -0.05) is 0 Å². The highest BCUT2D eigenvalue weighted by Gasteiger charge is 2.25. The van der Waals surface area contributed by atoms with Crippen molar-refractivity contribution in [1.29, 1.82) is 0 Å². The number of hydrogen-bond acceptors (Lipinski definition) is 2. The summed E-state index contributed by atoms with van der Waals surface area (Å²) >= 11 is 0. The molecule has 0 spiro atoms. The van der Waals surface area contributed by atoms with E-state index in [0.717, 1.165) is 12.8 Å². The van der Waals surface area contributed by atoms with E-state index in [4.69, 9.17) is 0 Å². The van der Waals surface area contributed by atoms with E-state index >= 15 is 0 Å². The highest BCUT2D eigenvalue weighted by Crippen LogP contribution is 2.23. The van der Waals surface area contributed by atoms with E-state index < -0.39 is 0 Å². The fourth-order valence-electron chi connectivity index (χ4n) is 2.72. The quantitative estimate of drug-likeness (QED) is 0.903. The van der Waals surface area contributed by atoms with Gasteiger partial charge in [-0.05, 0) is 37.1 Å². The van der Waals surface area contributed by atoms with Crippen LogP contribution >= 0.6 is 0 Å². The molecule has 1 N–H and O–H groups in total. The summed E-state index contributed by atoms with van der Waals surface area (Å²) in [5.74, 6) is -0.169. The molecule has 0 aromatic carbocycles. The van der Waals surface area contributed by atoms with Gasteiger partial charge in [-0.25, -0.2) is 0 Å². The van der Waals surface area contributed by atoms with Gasteiger partial charge in [0.1, 0.15) is 5.56 Å². The van der Waals surface area contributed by atoms with Gasteiger partial charge in [0, 0.05) is 37.7 Å². The van der Waals surface area contributed by atoms with Crippen LogP contribution < -0.4 is 5.56 Å². The zero-order valence-electron chi connectivity index (χ0n) is 11.2. The Kier molecular flexibility index (Phi) is 3.41. The molecule has 104 valence electrons. The molecule has 1 fully saturated rings. The van der Waals surface area contributed by atoms with Crippen molar-refractivity contribution in [3.05, 3.63) is 58.8 Å². The highest BCUT2D eigenvalue weighted by atomic mass is 16.2. The van der Waals surface area contributed by atoms with Gasteiger partial charge in [0.05, 0.1) is 0 Å². The van der Waals surface area contributed by atoms with Crippen molar-refractivity contribution in [2.24, 2.45) is 0 Å². The van der Waals surface area contributed by atoms with E-state index in [1.54, 1.807) is 17.0 Å². The molecule has 0 radical (unpaired) electrons. The Bertz CT molecular complexity index is 637. The number of aromatic amines is 1. The molecular weight excluding hydrogens is 254 g/mol. The van der Waals surface area contributed by atoms with Crippen LogP contribution in [0.2, 0.25) is 0 Å². The van der Waals surface area contributed by atoms with Crippen LogP contribution in [0.15, 0.2) is 47.7 Å². The Morgan fingerprint density at radius 3 is 2.50 bits per heavy atom. The molecule has 3 heterocycles. The van der Waals surface area contributed by atoms with E-state index in [2.05, 4.69) is 21.9 Å². The number of hydrogen-bond donors (Lipinski definition) is 1. The zero-order chi connectivity index (χ0) is 13.9. The summed E-state index contributed by atoms with van der Waals surface area (Å²) in [5.41, 5.74) is -0.0862. The Balaban J connectivity index is 1.68. The Hall–Kier alpha value is -2.30. The number of amides is 1. The minimum atomic E-state index is -0.315. The number of carbonyl (C=O) groups excluding carboxylic acids is 1. The van der Waals surface area contributed by atoms with Crippen LogP contribution in [0.1, 0.15) is 29.2 Å². The van der Waals surface area contributed by atoms with Gasteiger partial charge in [0.2, 0.25) is 0 Å². The standard InChI is InChI=1S/C15H17N3O2/c19-14-13(4-3-7-16-14)15(20)18-10-5-12(6-11-18)17-8-1-2-9-17/h1-4,7-9,12H,5-6,10-11H2,(H,16,19). The molecule has 1 saturated heterocycles. The molecule has 0 bridgehead atoms. The van der Waals surface area contributed by atoms with Gasteiger partial charge in [-0.3, -0.25) is 9.59 Å². The van der Waals surface area contributed by atoms with Gasteiger partial charge in [-0.15, -0.1) is 0 Å². The maximum Gasteiger partial charge on any atom is 0.260 e. The number of nitrogens with zero attached hydrogens (tertiary/aromatic N) is 2. The number of aromatic nitrogens is 2. The average molecular weight is 271 g/mol. The van der Waals surface area contributed by atoms with Crippen molar-refractivity contribution in [3.63, 3.8) is 0 Å². The van der Waals surface area contributed by atoms with Crippen molar-refractivity contribution in [2.75, 3.05) is 13.1 Å². The lowest BCUT2D eigenvalue weighted by molar-refractivity contribution is 0.0693. The molecule has 2 aromatic heterocycles. The Morgan fingerprint density at radius 2 is 1.85 bits per heavy atom. The van der Waals surface area contributed by atoms with E-state index in [0.29, 0.717) is 19.1 Å². The summed E-state index contributed by atoms with van der Waals surface area (Å²) in [6.45, 7) is 1.38. The van der Waals surface area contributed by atoms with Crippen LogP contribution in [-0.2, 0) is 0 Å². The molecule has 5 heteroatoms. The molecule has 0 aliphatic carbocycles. The molecule has 0 unspecified atom stereocenters. The summed E-state index contributed by atoms with van der Waals surface area (Å²) < 4.78 is 2.19. The number of likely N-dealkylation sites (tertiary alicyclic amines) is 1. The number of rotatable bonds is 2. The molecule has 0 saturated carbocycles. The first-order valence-corrected chi connectivity index (χ1v) is 6.85. The smallest absolute Gasteiger partial charge is 0.260 e. The minimum Gasteiger partial charge on any atom is -0.351 e. The normalized spacial score (nSPS) is 16.3. The first-order chi connectivity index (χ1) is 9.75. The van der Waals surface area contributed by atoms with E-state index in [-0.39, 0.29) is 17.0 Å². The van der Waals surface area contributed by atoms with Crippen LogP contribution in [0, 0.1) is 0 Å². The molecule has 1 aliphatic heterocycles. The SMILES string of the molecule is O=C(c1ccc[nH]c1=O)N1CCC(n2cccc2)CC1. The fraction of sp³-hybridized carbons (Fsp3) is 0.333. The number of carbonyl (C=O) groups is 1. The molecule has 1 aliphatic rings. The first kappa shape index (κ1) is 12.7. The van der Waals surface area contributed by atoms with Crippen LogP contribution in [-0.4, -0.2) is 33.4 Å². The summed E-state index contributed by atoms with van der Waals surface area (Å²) in [7, 11) is 0. The molecule has 5 nitrogen and oxygen atoms in total. The topological polar surface area (TPSA) is 58.1 Å². The molecular formula is C15H17N3O2. The van der Waals surface area contributed by atoms with Gasteiger partial charge in [-0.2, -0.15) is 0 Å². The first-order valence-electron chi connectivity index (χ1n) is 6.85. The third kappa shape index (κ3) is 2.39. The molecule has 20 heavy (non-hydrogen) atoms. The van der Waals surface area contributed by atoms with Gasteiger partial charge >= 0.3 is 0 Å². The summed E-state index contributed by atoms with van der Waals surface area (Å²) in [6.07, 6.45) is 7.50. The van der Waals surface area contributed by atoms with Crippen molar-refractivity contribution in [3.8, 4) is 0 Å². The number of H-pyrrole nitrogens is 1. The van der Waals surface area contributed by atoms with E-state index in [1.165, 1.54) is 6.20 Å². The van der Waals surface area contributed by atoms with Crippen molar-refractivity contribution < 1.29 is 4.79 Å². The maximum absolute atomic E-state index is 12.3. The van der Waals surface area contributed by atoms with E-state index in [1.807, 2.05) is 12.1 Å². The lowest BCUT2D eigenvalue weighted by atomic mass is 10.0. The van der Waals surface area contributed by atoms with Gasteiger partial charge < -0.3 is 14.5 Å². The second-order valence-corrected chi connectivity index (χ2v) is 5.07. The van der Waals surface area contributed by atoms with Crippen LogP contribution in [0.4, 0.5) is 0 Å². The summed E-state index contributed by atoms with van der Waals surface area (Å²) in [5, 5.41) is 0. The van der Waals surface area contributed by atoms with Crippen LogP contribution in [0.3, 0.4) is 0 Å². The second-order valence-electron chi connectivity index (χ2n) is 5.07. The minimum absolute atomic E-state index is 0.169. The van der Waals surface area contributed by atoms with Crippen LogP contribution in [0.5, 0.6) is 0 Å². The number of pyridine rings is 1. The maximum atomic E-state index is 12.3. The Labute approximate surface area is 116 Å². The number of piperidine rings is 1. The van der Waals surface area contributed by atoms with Crippen molar-refractivity contribution >= 4 is 5.91 Å². The number of nitrogens with one attached hydrogen (secondary N) is 1. The fourth-order valence-corrected chi connectivity index (χ4v) is 2.72. The monoisotopic (exact) mass is 271 g/mol. The average Bonchev–Trinajstić information content (AvgIpc) is 3.01. The lowest BCUT2D eigenvalue weighted by Gasteiger charge is -2.32. The molecule has 1 amide bonds. The predicted molar refractivity (Wildman–Crippen MR) is 75.7 cm³/mol.